The number of nitrogens with one attached hydrogen (secondary N) is 2. The second-order valence-electron chi connectivity index (χ2n) is 4.91. The van der Waals surface area contributed by atoms with Gasteiger partial charge in [0, 0.05) is 19.0 Å². The van der Waals surface area contributed by atoms with Gasteiger partial charge >= 0.3 is 0 Å². The molecule has 5 heteroatoms. The van der Waals surface area contributed by atoms with E-state index in [4.69, 9.17) is 0 Å². The number of hydrogen-bond acceptors (Lipinski definition) is 3. The molecule has 92 valence electrons. The molecule has 1 saturated carbocycles. The van der Waals surface area contributed by atoms with Crippen molar-refractivity contribution in [3.8, 4) is 6.07 Å². The van der Waals surface area contributed by atoms with Crippen LogP contribution in [0.25, 0.3) is 0 Å². The summed E-state index contributed by atoms with van der Waals surface area (Å²) in [7, 11) is 0. The van der Waals surface area contributed by atoms with Crippen molar-refractivity contribution < 1.29 is 9.59 Å². The summed E-state index contributed by atoms with van der Waals surface area (Å²) in [5.41, 5.74) is -0.818. The van der Waals surface area contributed by atoms with Crippen LogP contribution >= 0.6 is 0 Å². The van der Waals surface area contributed by atoms with E-state index >= 15 is 0 Å². The molecule has 0 bridgehead atoms. The lowest BCUT2D eigenvalue weighted by atomic mass is 9.86. The van der Waals surface area contributed by atoms with Crippen molar-refractivity contribution in [2.45, 2.75) is 44.6 Å². The normalized spacial score (nSPS) is 27.0. The van der Waals surface area contributed by atoms with Gasteiger partial charge in [-0.05, 0) is 19.3 Å². The quantitative estimate of drug-likeness (QED) is 0.729. The van der Waals surface area contributed by atoms with E-state index in [0.717, 1.165) is 12.8 Å². The van der Waals surface area contributed by atoms with Crippen molar-refractivity contribution in [2.24, 2.45) is 5.41 Å². The van der Waals surface area contributed by atoms with Crippen molar-refractivity contribution in [3.05, 3.63) is 0 Å². The summed E-state index contributed by atoms with van der Waals surface area (Å²) >= 11 is 0. The first kappa shape index (κ1) is 11.9. The minimum Gasteiger partial charge on any atom is -0.354 e. The first-order chi connectivity index (χ1) is 8.16. The van der Waals surface area contributed by atoms with Crippen LogP contribution in [0.15, 0.2) is 0 Å². The van der Waals surface area contributed by atoms with Gasteiger partial charge in [0.15, 0.2) is 0 Å². The molecule has 2 fully saturated rings. The summed E-state index contributed by atoms with van der Waals surface area (Å²) in [4.78, 5) is 23.1. The molecule has 1 aliphatic heterocycles. The van der Waals surface area contributed by atoms with E-state index in [-0.39, 0.29) is 17.9 Å². The van der Waals surface area contributed by atoms with Gasteiger partial charge in [0.25, 0.3) is 0 Å². The Kier molecular flexibility index (Phi) is 3.32. The van der Waals surface area contributed by atoms with Crippen LogP contribution in [0.3, 0.4) is 0 Å². The van der Waals surface area contributed by atoms with Gasteiger partial charge in [-0.25, -0.2) is 0 Å². The first-order valence-electron chi connectivity index (χ1n) is 6.15. The second-order valence-corrected chi connectivity index (χ2v) is 4.91. The molecule has 2 N–H and O–H groups in total. The number of piperidine rings is 1. The van der Waals surface area contributed by atoms with Gasteiger partial charge in [-0.2, -0.15) is 5.26 Å². The highest BCUT2D eigenvalue weighted by molar-refractivity contribution is 5.86. The highest BCUT2D eigenvalue weighted by Gasteiger charge is 2.42. The lowest BCUT2D eigenvalue weighted by molar-refractivity contribution is -0.130. The summed E-state index contributed by atoms with van der Waals surface area (Å²) in [5, 5.41) is 14.8. The molecular formula is C12H17N3O2. The molecule has 1 aliphatic carbocycles. The lowest BCUT2D eigenvalue weighted by Gasteiger charge is -2.27. The minimum absolute atomic E-state index is 0.0222. The lowest BCUT2D eigenvalue weighted by Crippen LogP contribution is -2.51. The smallest absolute Gasteiger partial charge is 0.240 e. The number of nitriles is 1. The Morgan fingerprint density at radius 3 is 2.71 bits per heavy atom. The van der Waals surface area contributed by atoms with Crippen LogP contribution in [0.4, 0.5) is 0 Å². The fourth-order valence-electron chi connectivity index (χ4n) is 2.55. The van der Waals surface area contributed by atoms with E-state index in [9.17, 15) is 14.9 Å². The second kappa shape index (κ2) is 4.74. The Hall–Kier alpha value is -1.57. The summed E-state index contributed by atoms with van der Waals surface area (Å²) in [5.74, 6) is -0.120. The SMILES string of the molecule is N#CC1(C(=O)NC2CCC(=O)NC2)CCCC1. The van der Waals surface area contributed by atoms with Gasteiger partial charge < -0.3 is 10.6 Å². The maximum atomic E-state index is 12.1. The van der Waals surface area contributed by atoms with E-state index in [2.05, 4.69) is 16.7 Å². The molecule has 2 rings (SSSR count). The molecule has 0 spiro atoms. The van der Waals surface area contributed by atoms with Crippen LogP contribution < -0.4 is 10.6 Å². The van der Waals surface area contributed by atoms with Crippen molar-refractivity contribution in [2.75, 3.05) is 6.54 Å². The van der Waals surface area contributed by atoms with Gasteiger partial charge in [-0.1, -0.05) is 12.8 Å². The number of carbonyl (C=O) groups excluding carboxylic acids is 2. The van der Waals surface area contributed by atoms with Crippen LogP contribution in [0, 0.1) is 16.7 Å². The molecule has 17 heavy (non-hydrogen) atoms. The highest BCUT2D eigenvalue weighted by atomic mass is 16.2. The fourth-order valence-corrected chi connectivity index (χ4v) is 2.55. The fraction of sp³-hybridized carbons (Fsp3) is 0.750. The molecule has 0 radical (unpaired) electrons. The summed E-state index contributed by atoms with van der Waals surface area (Å²) in [6.07, 6.45) is 4.33. The predicted octanol–water partition coefficient (Wildman–Crippen LogP) is 0.465. The van der Waals surface area contributed by atoms with Crippen molar-refractivity contribution in [3.63, 3.8) is 0 Å². The third-order valence-corrected chi connectivity index (χ3v) is 3.71. The topological polar surface area (TPSA) is 82.0 Å². The van der Waals surface area contributed by atoms with Crippen LogP contribution in [-0.4, -0.2) is 24.4 Å². The molecule has 0 aromatic rings. The largest absolute Gasteiger partial charge is 0.354 e. The average Bonchev–Trinajstić information content (AvgIpc) is 2.82. The van der Waals surface area contributed by atoms with E-state index in [1.807, 2.05) is 0 Å². The monoisotopic (exact) mass is 235 g/mol. The summed E-state index contributed by atoms with van der Waals surface area (Å²) in [6.45, 7) is 0.478. The highest BCUT2D eigenvalue weighted by Crippen LogP contribution is 2.37. The van der Waals surface area contributed by atoms with Crippen LogP contribution in [0.5, 0.6) is 0 Å². The molecule has 2 amide bonds. The maximum Gasteiger partial charge on any atom is 0.240 e. The van der Waals surface area contributed by atoms with Gasteiger partial charge in [0.1, 0.15) is 5.41 Å². The molecular weight excluding hydrogens is 218 g/mol. The van der Waals surface area contributed by atoms with Gasteiger partial charge in [0.05, 0.1) is 6.07 Å². The molecule has 2 aliphatic rings. The Morgan fingerprint density at radius 1 is 1.47 bits per heavy atom. The molecule has 0 aromatic heterocycles. The van der Waals surface area contributed by atoms with Crippen molar-refractivity contribution >= 4 is 11.8 Å². The van der Waals surface area contributed by atoms with Crippen LogP contribution in [0.2, 0.25) is 0 Å². The van der Waals surface area contributed by atoms with Gasteiger partial charge in [-0.15, -0.1) is 0 Å². The molecule has 1 unspecified atom stereocenters. The maximum absolute atomic E-state index is 12.1. The molecule has 1 atom stereocenters. The average molecular weight is 235 g/mol. The van der Waals surface area contributed by atoms with E-state index in [1.165, 1.54) is 0 Å². The van der Waals surface area contributed by atoms with Crippen LogP contribution in [0.1, 0.15) is 38.5 Å². The zero-order valence-corrected chi connectivity index (χ0v) is 9.79. The number of amides is 2. The van der Waals surface area contributed by atoms with Crippen molar-refractivity contribution in [1.82, 2.24) is 10.6 Å². The number of nitrogens with zero attached hydrogens (tertiary/aromatic N) is 1. The zero-order valence-electron chi connectivity index (χ0n) is 9.79. The standard InChI is InChI=1S/C12H17N3O2/c13-8-12(5-1-2-6-12)11(17)15-9-3-4-10(16)14-7-9/h9H,1-7H2,(H,14,16)(H,15,17). The Balaban J connectivity index is 1.92. The predicted molar refractivity (Wildman–Crippen MR) is 60.7 cm³/mol. The minimum atomic E-state index is -0.818. The Morgan fingerprint density at radius 2 is 2.18 bits per heavy atom. The first-order valence-corrected chi connectivity index (χ1v) is 6.15. The number of rotatable bonds is 2. The van der Waals surface area contributed by atoms with Gasteiger partial charge in [0.2, 0.25) is 11.8 Å². The Bertz CT molecular complexity index is 356. The molecule has 5 nitrogen and oxygen atoms in total. The summed E-state index contributed by atoms with van der Waals surface area (Å²) in [6, 6.07) is 2.15. The molecule has 1 heterocycles. The van der Waals surface area contributed by atoms with E-state index in [1.54, 1.807) is 0 Å². The number of carbonyl (C=O) groups is 2. The third-order valence-electron chi connectivity index (χ3n) is 3.71. The van der Waals surface area contributed by atoms with Crippen molar-refractivity contribution in [1.29, 1.82) is 5.26 Å². The molecule has 1 saturated heterocycles. The zero-order chi connectivity index (χ0) is 12.3. The summed E-state index contributed by atoms with van der Waals surface area (Å²) < 4.78 is 0. The van der Waals surface area contributed by atoms with Gasteiger partial charge in [-0.3, -0.25) is 9.59 Å². The van der Waals surface area contributed by atoms with E-state index < -0.39 is 5.41 Å². The molecule has 0 aromatic carbocycles. The van der Waals surface area contributed by atoms with E-state index in [0.29, 0.717) is 32.2 Å². The number of hydrogen-bond donors (Lipinski definition) is 2. The third kappa shape index (κ3) is 2.41. The Labute approximate surface area is 101 Å². The van der Waals surface area contributed by atoms with Crippen LogP contribution in [-0.2, 0) is 9.59 Å².